The van der Waals surface area contributed by atoms with Crippen molar-refractivity contribution < 1.29 is 4.74 Å². The Bertz CT molecular complexity index is 586. The number of benzene rings is 1. The lowest BCUT2D eigenvalue weighted by atomic mass is 10.2. The van der Waals surface area contributed by atoms with Crippen molar-refractivity contribution in [2.45, 2.75) is 6.54 Å². The zero-order valence-electron chi connectivity index (χ0n) is 10.6. The zero-order valence-corrected chi connectivity index (χ0v) is 11.4. The highest BCUT2D eigenvalue weighted by atomic mass is 32.1. The van der Waals surface area contributed by atoms with Crippen LogP contribution >= 0.6 is 12.2 Å². The van der Waals surface area contributed by atoms with Crippen LogP contribution in [0.15, 0.2) is 42.6 Å². The number of nitrogens with one attached hydrogen (secondary N) is 1. The summed E-state index contributed by atoms with van der Waals surface area (Å²) in [4.78, 5) is 4.39. The van der Waals surface area contributed by atoms with E-state index in [9.17, 15) is 0 Å². The molecule has 0 radical (unpaired) electrons. The molecule has 2 aromatic rings. The van der Waals surface area contributed by atoms with Crippen LogP contribution in [0.1, 0.15) is 11.3 Å². The summed E-state index contributed by atoms with van der Waals surface area (Å²) < 4.78 is 5.19. The van der Waals surface area contributed by atoms with Crippen molar-refractivity contribution in [3.8, 4) is 5.75 Å². The highest BCUT2D eigenvalue weighted by molar-refractivity contribution is 7.80. The first-order valence-corrected chi connectivity index (χ1v) is 6.22. The lowest BCUT2D eigenvalue weighted by Crippen LogP contribution is -2.12. The van der Waals surface area contributed by atoms with Gasteiger partial charge in [-0.15, -0.1) is 0 Å². The van der Waals surface area contributed by atoms with E-state index < -0.39 is 0 Å². The first kappa shape index (κ1) is 13.3. The Morgan fingerprint density at radius 1 is 1.37 bits per heavy atom. The second kappa shape index (κ2) is 6.15. The lowest BCUT2D eigenvalue weighted by Gasteiger charge is -2.08. The van der Waals surface area contributed by atoms with E-state index in [0.717, 1.165) is 17.0 Å². The van der Waals surface area contributed by atoms with Crippen LogP contribution in [0.5, 0.6) is 5.75 Å². The summed E-state index contributed by atoms with van der Waals surface area (Å²) in [6.07, 6.45) is 1.68. The van der Waals surface area contributed by atoms with Gasteiger partial charge in [-0.1, -0.05) is 24.4 Å². The molecule has 98 valence electrons. The van der Waals surface area contributed by atoms with Crippen LogP contribution in [0, 0.1) is 0 Å². The van der Waals surface area contributed by atoms with Crippen molar-refractivity contribution >= 4 is 22.9 Å². The fraction of sp³-hybridized carbons (Fsp3) is 0.143. The zero-order chi connectivity index (χ0) is 13.7. The van der Waals surface area contributed by atoms with Gasteiger partial charge in [0.05, 0.1) is 12.8 Å². The predicted molar refractivity (Wildman–Crippen MR) is 80.4 cm³/mol. The van der Waals surface area contributed by atoms with Gasteiger partial charge < -0.3 is 15.8 Å². The minimum Gasteiger partial charge on any atom is -0.497 e. The van der Waals surface area contributed by atoms with E-state index in [1.54, 1.807) is 13.3 Å². The number of thiocarbonyl (C=S) groups is 1. The van der Waals surface area contributed by atoms with Crippen molar-refractivity contribution in [1.82, 2.24) is 4.98 Å². The van der Waals surface area contributed by atoms with Crippen molar-refractivity contribution in [3.63, 3.8) is 0 Å². The molecule has 0 spiro atoms. The molecule has 19 heavy (non-hydrogen) atoms. The van der Waals surface area contributed by atoms with E-state index in [1.807, 2.05) is 36.4 Å². The van der Waals surface area contributed by atoms with E-state index in [2.05, 4.69) is 10.3 Å². The summed E-state index contributed by atoms with van der Waals surface area (Å²) in [7, 11) is 1.66. The van der Waals surface area contributed by atoms with Crippen molar-refractivity contribution in [3.05, 3.63) is 53.9 Å². The topological polar surface area (TPSA) is 60.2 Å². The molecule has 0 bridgehead atoms. The van der Waals surface area contributed by atoms with Crippen molar-refractivity contribution in [2.75, 3.05) is 12.4 Å². The highest BCUT2D eigenvalue weighted by Crippen LogP contribution is 2.15. The first-order valence-electron chi connectivity index (χ1n) is 5.81. The van der Waals surface area contributed by atoms with Gasteiger partial charge in [-0.25, -0.2) is 0 Å². The first-order chi connectivity index (χ1) is 9.19. The van der Waals surface area contributed by atoms with E-state index in [4.69, 9.17) is 22.7 Å². The third-order valence-electron chi connectivity index (χ3n) is 2.64. The molecule has 0 aliphatic carbocycles. The van der Waals surface area contributed by atoms with Crippen LogP contribution in [0.2, 0.25) is 0 Å². The van der Waals surface area contributed by atoms with Crippen LogP contribution < -0.4 is 15.8 Å². The average Bonchev–Trinajstić information content (AvgIpc) is 2.45. The SMILES string of the molecule is COc1cccc(CNc2ccnc(C(N)=S)c2)c1. The fourth-order valence-electron chi connectivity index (χ4n) is 1.66. The van der Waals surface area contributed by atoms with Gasteiger partial charge in [-0.3, -0.25) is 4.98 Å². The van der Waals surface area contributed by atoms with Crippen LogP contribution in [0.4, 0.5) is 5.69 Å². The molecule has 0 saturated heterocycles. The normalized spacial score (nSPS) is 9.95. The summed E-state index contributed by atoms with van der Waals surface area (Å²) in [6, 6.07) is 11.6. The Hall–Kier alpha value is -2.14. The van der Waals surface area contributed by atoms with Gasteiger partial charge in [0, 0.05) is 18.4 Å². The number of hydrogen-bond acceptors (Lipinski definition) is 4. The molecular formula is C14H15N3OS. The molecule has 0 aliphatic rings. The molecule has 1 heterocycles. The number of aromatic nitrogens is 1. The van der Waals surface area contributed by atoms with E-state index in [1.165, 1.54) is 0 Å². The van der Waals surface area contributed by atoms with Crippen LogP contribution in [0.3, 0.4) is 0 Å². The smallest absolute Gasteiger partial charge is 0.122 e. The molecule has 1 aromatic carbocycles. The largest absolute Gasteiger partial charge is 0.497 e. The molecule has 0 atom stereocenters. The van der Waals surface area contributed by atoms with Crippen LogP contribution in [0.25, 0.3) is 0 Å². The van der Waals surface area contributed by atoms with Crippen LogP contribution in [-0.2, 0) is 6.54 Å². The molecule has 4 nitrogen and oxygen atoms in total. The van der Waals surface area contributed by atoms with E-state index >= 15 is 0 Å². The number of ether oxygens (including phenoxy) is 1. The summed E-state index contributed by atoms with van der Waals surface area (Å²) in [5.41, 5.74) is 8.23. The number of methoxy groups -OCH3 is 1. The third kappa shape index (κ3) is 3.66. The molecule has 0 aliphatic heterocycles. The standard InChI is InChI=1S/C14H15N3OS/c1-18-12-4-2-3-10(7-12)9-17-11-5-6-16-13(8-11)14(15)19/h2-8H,9H2,1H3,(H2,15,19)(H,16,17). The Morgan fingerprint density at radius 3 is 2.95 bits per heavy atom. The van der Waals surface area contributed by atoms with Gasteiger partial charge in [-0.2, -0.15) is 0 Å². The molecule has 0 amide bonds. The monoisotopic (exact) mass is 273 g/mol. The number of nitrogens with zero attached hydrogens (tertiary/aromatic N) is 1. The Balaban J connectivity index is 2.05. The number of anilines is 1. The second-order valence-electron chi connectivity index (χ2n) is 4.00. The van der Waals surface area contributed by atoms with Crippen molar-refractivity contribution in [2.24, 2.45) is 5.73 Å². The third-order valence-corrected chi connectivity index (χ3v) is 2.85. The highest BCUT2D eigenvalue weighted by Gasteiger charge is 2.00. The van der Waals surface area contributed by atoms with Gasteiger partial charge in [0.15, 0.2) is 0 Å². The Morgan fingerprint density at radius 2 is 2.21 bits per heavy atom. The van der Waals surface area contributed by atoms with Crippen molar-refractivity contribution in [1.29, 1.82) is 0 Å². The summed E-state index contributed by atoms with van der Waals surface area (Å²) in [5.74, 6) is 0.845. The molecule has 5 heteroatoms. The second-order valence-corrected chi connectivity index (χ2v) is 4.44. The minimum atomic E-state index is 0.296. The molecule has 0 saturated carbocycles. The molecule has 3 N–H and O–H groups in total. The van der Waals surface area contributed by atoms with Gasteiger partial charge in [0.2, 0.25) is 0 Å². The van der Waals surface area contributed by atoms with Gasteiger partial charge in [-0.05, 0) is 29.8 Å². The molecule has 2 rings (SSSR count). The number of hydrogen-bond donors (Lipinski definition) is 2. The number of pyridine rings is 1. The number of nitrogens with two attached hydrogens (primary N) is 1. The van der Waals surface area contributed by atoms with E-state index in [0.29, 0.717) is 17.2 Å². The fourth-order valence-corrected chi connectivity index (χ4v) is 1.77. The maximum absolute atomic E-state index is 5.55. The van der Waals surface area contributed by atoms with Gasteiger partial charge >= 0.3 is 0 Å². The predicted octanol–water partition coefficient (Wildman–Crippen LogP) is 2.34. The molecule has 1 aromatic heterocycles. The molecule has 0 unspecified atom stereocenters. The quantitative estimate of drug-likeness (QED) is 0.819. The average molecular weight is 273 g/mol. The lowest BCUT2D eigenvalue weighted by molar-refractivity contribution is 0.414. The maximum Gasteiger partial charge on any atom is 0.122 e. The summed E-state index contributed by atoms with van der Waals surface area (Å²) in [5, 5.41) is 3.30. The van der Waals surface area contributed by atoms with E-state index in [-0.39, 0.29) is 0 Å². The maximum atomic E-state index is 5.55. The Labute approximate surface area is 117 Å². The number of rotatable bonds is 5. The molecular weight excluding hydrogens is 258 g/mol. The molecule has 0 fully saturated rings. The van der Waals surface area contributed by atoms with Gasteiger partial charge in [0.25, 0.3) is 0 Å². The summed E-state index contributed by atoms with van der Waals surface area (Å²) >= 11 is 4.90. The van der Waals surface area contributed by atoms with Gasteiger partial charge in [0.1, 0.15) is 10.7 Å². The summed E-state index contributed by atoms with van der Waals surface area (Å²) in [6.45, 7) is 0.692. The minimum absolute atomic E-state index is 0.296. The van der Waals surface area contributed by atoms with Crippen LogP contribution in [-0.4, -0.2) is 17.1 Å². The Kier molecular flexibility index (Phi) is 4.30.